The molecule has 0 saturated carbocycles. The predicted molar refractivity (Wildman–Crippen MR) is 54.8 cm³/mol. The highest BCUT2D eigenvalue weighted by atomic mass is 19.2. The molecule has 0 unspecified atom stereocenters. The Kier molecular flexibility index (Phi) is 2.64. The van der Waals surface area contributed by atoms with Gasteiger partial charge >= 0.3 is 7.47 Å². The van der Waals surface area contributed by atoms with E-state index in [1.807, 2.05) is 0 Å². The van der Waals surface area contributed by atoms with Crippen molar-refractivity contribution in [1.29, 1.82) is 0 Å². The van der Waals surface area contributed by atoms with Crippen LogP contribution in [-0.2, 0) is 0 Å². The Morgan fingerprint density at radius 2 is 2.06 bits per heavy atom. The van der Waals surface area contributed by atoms with E-state index in [0.717, 1.165) is 0 Å². The van der Waals surface area contributed by atoms with E-state index in [1.165, 1.54) is 6.92 Å². The number of halogens is 2. The van der Waals surface area contributed by atoms with Crippen molar-refractivity contribution in [2.45, 2.75) is 6.92 Å². The molecule has 0 radical (unpaired) electrons. The van der Waals surface area contributed by atoms with Crippen LogP contribution >= 0.6 is 0 Å². The molecule has 0 N–H and O–H groups in total. The molecule has 6 heteroatoms. The molecule has 16 heavy (non-hydrogen) atoms. The van der Waals surface area contributed by atoms with Crippen molar-refractivity contribution in [2.24, 2.45) is 0 Å². The van der Waals surface area contributed by atoms with Gasteiger partial charge in [-0.15, -0.1) is 0 Å². The number of rotatable bonds is 3. The topological polar surface area (TPSA) is 39.4 Å². The van der Waals surface area contributed by atoms with Crippen LogP contribution in [0.1, 0.15) is 17.5 Å². The molecule has 1 aromatic carbocycles. The standard InChI is InChI=1S/C10H7BF2O3/c1-6(14)9-10(16-11(12)13)7-4-2-3-5-8(7)15-9/h2-5H,1H3. The van der Waals surface area contributed by atoms with Crippen molar-refractivity contribution >= 4 is 24.2 Å². The SMILES string of the molecule is CC(=O)c1oc2ccccc2c1OB(F)F. The van der Waals surface area contributed by atoms with Crippen molar-refractivity contribution in [3.8, 4) is 5.75 Å². The molecule has 0 aliphatic rings. The highest BCUT2D eigenvalue weighted by Crippen LogP contribution is 2.33. The van der Waals surface area contributed by atoms with Gasteiger partial charge in [0.25, 0.3) is 0 Å². The van der Waals surface area contributed by atoms with Gasteiger partial charge in [-0.1, -0.05) is 12.1 Å². The van der Waals surface area contributed by atoms with Gasteiger partial charge < -0.3 is 9.07 Å². The Morgan fingerprint density at radius 3 is 2.69 bits per heavy atom. The number of benzene rings is 1. The van der Waals surface area contributed by atoms with E-state index >= 15 is 0 Å². The molecule has 0 amide bonds. The number of fused-ring (bicyclic) bond motifs is 1. The fourth-order valence-corrected chi connectivity index (χ4v) is 1.46. The predicted octanol–water partition coefficient (Wildman–Crippen LogP) is 2.94. The van der Waals surface area contributed by atoms with Crippen LogP contribution in [0.5, 0.6) is 5.75 Å². The summed E-state index contributed by atoms with van der Waals surface area (Å²) in [6, 6.07) is 6.48. The molecule has 1 aromatic heterocycles. The summed E-state index contributed by atoms with van der Waals surface area (Å²) in [5.41, 5.74) is 0.350. The van der Waals surface area contributed by atoms with E-state index in [-0.39, 0.29) is 11.5 Å². The molecule has 0 fully saturated rings. The van der Waals surface area contributed by atoms with Crippen molar-refractivity contribution in [2.75, 3.05) is 0 Å². The summed E-state index contributed by atoms with van der Waals surface area (Å²) in [7, 11) is -2.99. The van der Waals surface area contributed by atoms with Crippen LogP contribution in [0.15, 0.2) is 28.7 Å². The first-order valence-electron chi connectivity index (χ1n) is 4.57. The third kappa shape index (κ3) is 1.78. The molecule has 2 rings (SSSR count). The molecular formula is C10H7BF2O3. The molecule has 0 atom stereocenters. The molecule has 3 nitrogen and oxygen atoms in total. The second-order valence-electron chi connectivity index (χ2n) is 3.19. The van der Waals surface area contributed by atoms with Crippen molar-refractivity contribution in [3.05, 3.63) is 30.0 Å². The summed E-state index contributed by atoms with van der Waals surface area (Å²) in [5.74, 6) is -0.827. The fourth-order valence-electron chi connectivity index (χ4n) is 1.46. The lowest BCUT2D eigenvalue weighted by atomic mass is 10.2. The van der Waals surface area contributed by atoms with E-state index in [1.54, 1.807) is 24.3 Å². The number of carbonyl (C=O) groups is 1. The zero-order valence-electron chi connectivity index (χ0n) is 8.37. The zero-order chi connectivity index (χ0) is 11.7. The number of ketones is 1. The average Bonchev–Trinajstić information content (AvgIpc) is 2.57. The second-order valence-corrected chi connectivity index (χ2v) is 3.19. The average molecular weight is 224 g/mol. The van der Waals surface area contributed by atoms with E-state index in [2.05, 4.69) is 4.65 Å². The number of carbonyl (C=O) groups excluding carboxylic acids is 1. The van der Waals surface area contributed by atoms with Crippen molar-refractivity contribution < 1.29 is 22.5 Å². The van der Waals surface area contributed by atoms with Gasteiger partial charge in [0.2, 0.25) is 5.76 Å². The van der Waals surface area contributed by atoms with E-state index in [9.17, 15) is 13.4 Å². The number of furan rings is 1. The molecule has 0 bridgehead atoms. The summed E-state index contributed by atoms with van der Waals surface area (Å²) in [6.45, 7) is 1.23. The van der Waals surface area contributed by atoms with Gasteiger partial charge in [-0.3, -0.25) is 4.79 Å². The first-order chi connectivity index (χ1) is 7.59. The maximum Gasteiger partial charge on any atom is 0.796 e. The van der Waals surface area contributed by atoms with Gasteiger partial charge in [0.1, 0.15) is 5.58 Å². The molecule has 0 spiro atoms. The number of Topliss-reactive ketones (excluding diaryl/α,β-unsaturated/α-hetero) is 1. The van der Waals surface area contributed by atoms with E-state index in [4.69, 9.17) is 4.42 Å². The molecule has 2 aromatic rings. The van der Waals surface area contributed by atoms with E-state index in [0.29, 0.717) is 11.0 Å². The highest BCUT2D eigenvalue weighted by molar-refractivity contribution is 6.36. The van der Waals surface area contributed by atoms with Gasteiger partial charge in [0, 0.05) is 6.92 Å². The van der Waals surface area contributed by atoms with Gasteiger partial charge in [0.15, 0.2) is 11.5 Å². The van der Waals surface area contributed by atoms with Crippen LogP contribution in [0.25, 0.3) is 11.0 Å². The molecule has 1 heterocycles. The van der Waals surface area contributed by atoms with E-state index < -0.39 is 13.3 Å². The van der Waals surface area contributed by atoms with Gasteiger partial charge in [-0.2, -0.15) is 0 Å². The Labute approximate surface area is 90.2 Å². The zero-order valence-corrected chi connectivity index (χ0v) is 8.37. The lowest BCUT2D eigenvalue weighted by Gasteiger charge is -2.00. The third-order valence-electron chi connectivity index (χ3n) is 2.08. The smallest absolute Gasteiger partial charge is 0.501 e. The molecule has 0 aliphatic heterocycles. The maximum absolute atomic E-state index is 12.2. The van der Waals surface area contributed by atoms with Crippen LogP contribution in [0.4, 0.5) is 8.63 Å². The summed E-state index contributed by atoms with van der Waals surface area (Å²) in [4.78, 5) is 11.2. The first-order valence-corrected chi connectivity index (χ1v) is 4.57. The minimum atomic E-state index is -2.99. The Hall–Kier alpha value is -1.85. The monoisotopic (exact) mass is 224 g/mol. The Balaban J connectivity index is 2.64. The maximum atomic E-state index is 12.2. The summed E-state index contributed by atoms with van der Waals surface area (Å²) < 4.78 is 33.9. The molecular weight excluding hydrogens is 217 g/mol. The Morgan fingerprint density at radius 1 is 1.38 bits per heavy atom. The van der Waals surface area contributed by atoms with Crippen LogP contribution in [0.2, 0.25) is 0 Å². The van der Waals surface area contributed by atoms with Crippen molar-refractivity contribution in [3.63, 3.8) is 0 Å². The van der Waals surface area contributed by atoms with Gasteiger partial charge in [-0.05, 0) is 12.1 Å². The largest absolute Gasteiger partial charge is 0.796 e. The lowest BCUT2D eigenvalue weighted by molar-refractivity contribution is 0.0986. The van der Waals surface area contributed by atoms with Crippen LogP contribution < -0.4 is 4.65 Å². The first kappa shape index (κ1) is 10.7. The number of hydrogen-bond acceptors (Lipinski definition) is 3. The number of hydrogen-bond donors (Lipinski definition) is 0. The van der Waals surface area contributed by atoms with Crippen molar-refractivity contribution in [1.82, 2.24) is 0 Å². The van der Waals surface area contributed by atoms with Gasteiger partial charge in [-0.25, -0.2) is 8.63 Å². The highest BCUT2D eigenvalue weighted by Gasteiger charge is 2.26. The quantitative estimate of drug-likeness (QED) is 0.594. The Bertz CT molecular complexity index is 536. The fraction of sp³-hybridized carbons (Fsp3) is 0.100. The number of para-hydroxylation sites is 1. The van der Waals surface area contributed by atoms with Crippen LogP contribution in [0.3, 0.4) is 0 Å². The third-order valence-corrected chi connectivity index (χ3v) is 2.08. The van der Waals surface area contributed by atoms with Crippen LogP contribution in [-0.4, -0.2) is 13.3 Å². The molecule has 0 saturated heterocycles. The summed E-state index contributed by atoms with van der Waals surface area (Å²) in [6.07, 6.45) is 0. The van der Waals surface area contributed by atoms with Gasteiger partial charge in [0.05, 0.1) is 5.39 Å². The minimum absolute atomic E-state index is 0.179. The summed E-state index contributed by atoms with van der Waals surface area (Å²) >= 11 is 0. The lowest BCUT2D eigenvalue weighted by Crippen LogP contribution is -2.10. The molecule has 82 valence electrons. The second kappa shape index (κ2) is 3.96. The minimum Gasteiger partial charge on any atom is -0.501 e. The summed E-state index contributed by atoms with van der Waals surface area (Å²) in [5, 5.41) is 0.369. The normalized spacial score (nSPS) is 10.4. The van der Waals surface area contributed by atoms with Crippen LogP contribution in [0, 0.1) is 0 Å². The molecule has 0 aliphatic carbocycles.